The molecule has 0 heterocycles. The standard InChI is InChI=1S/C13H28.H4O5P2/c1-9(2)13(10(3)4,11(5)6)12(7)8;1-6(2)5-7(3)4/h9-12H,1-8H3;6-7H,(H,1,2)(H,3,4). The molecule has 124 valence electrons. The average molecular weight is 330 g/mol. The summed E-state index contributed by atoms with van der Waals surface area (Å²) in [5, 5.41) is 0. The van der Waals surface area contributed by atoms with Crippen LogP contribution in [0.2, 0.25) is 0 Å². The molecule has 0 amide bonds. The van der Waals surface area contributed by atoms with E-state index in [1.807, 2.05) is 0 Å². The fourth-order valence-electron chi connectivity index (χ4n) is 4.07. The van der Waals surface area contributed by atoms with Crippen molar-refractivity contribution in [2.24, 2.45) is 29.1 Å². The van der Waals surface area contributed by atoms with Gasteiger partial charge in [0, 0.05) is 0 Å². The molecule has 0 bridgehead atoms. The first-order valence-electron chi connectivity index (χ1n) is 7.04. The predicted octanol–water partition coefficient (Wildman–Crippen LogP) is 4.36. The van der Waals surface area contributed by atoms with Gasteiger partial charge in [-0.05, 0) is 29.1 Å². The molecule has 0 aromatic carbocycles. The molecule has 0 spiro atoms. The zero-order chi connectivity index (χ0) is 16.7. The van der Waals surface area contributed by atoms with Crippen molar-refractivity contribution in [2.75, 3.05) is 0 Å². The van der Waals surface area contributed by atoms with E-state index in [9.17, 15) is 9.13 Å². The van der Waals surface area contributed by atoms with Gasteiger partial charge in [0.2, 0.25) is 0 Å². The van der Waals surface area contributed by atoms with E-state index in [0.29, 0.717) is 5.41 Å². The summed E-state index contributed by atoms with van der Waals surface area (Å²) in [7, 11) is -6.40. The fourth-order valence-corrected chi connectivity index (χ4v) is 4.67. The third-order valence-corrected chi connectivity index (χ3v) is 5.57. The topological polar surface area (TPSA) is 83.8 Å². The summed E-state index contributed by atoms with van der Waals surface area (Å²) in [5.74, 6) is 3.08. The molecular weight excluding hydrogens is 298 g/mol. The Labute approximate surface area is 125 Å². The summed E-state index contributed by atoms with van der Waals surface area (Å²) in [6.07, 6.45) is 0. The highest BCUT2D eigenvalue weighted by Crippen LogP contribution is 2.48. The second-order valence-electron chi connectivity index (χ2n) is 6.25. The van der Waals surface area contributed by atoms with Gasteiger partial charge in [-0.3, -0.25) is 9.13 Å². The van der Waals surface area contributed by atoms with E-state index < -0.39 is 16.5 Å². The van der Waals surface area contributed by atoms with Crippen LogP contribution in [0.5, 0.6) is 0 Å². The van der Waals surface area contributed by atoms with Gasteiger partial charge in [-0.1, -0.05) is 55.4 Å². The molecule has 2 unspecified atom stereocenters. The lowest BCUT2D eigenvalue weighted by Gasteiger charge is -2.49. The maximum Gasteiger partial charge on any atom is 0.323 e. The molecule has 0 aromatic rings. The molecule has 5 nitrogen and oxygen atoms in total. The van der Waals surface area contributed by atoms with Gasteiger partial charge in [0.05, 0.1) is 0 Å². The zero-order valence-electron chi connectivity index (χ0n) is 13.9. The van der Waals surface area contributed by atoms with Gasteiger partial charge >= 0.3 is 16.5 Å². The van der Waals surface area contributed by atoms with Crippen LogP contribution in [0, 0.1) is 29.1 Å². The van der Waals surface area contributed by atoms with Crippen molar-refractivity contribution >= 4 is 16.5 Å². The largest absolute Gasteiger partial charge is 0.326 e. The molecule has 2 atom stereocenters. The Kier molecular flexibility index (Phi) is 11.5. The van der Waals surface area contributed by atoms with E-state index in [-0.39, 0.29) is 0 Å². The minimum atomic E-state index is -3.20. The summed E-state index contributed by atoms with van der Waals surface area (Å²) in [6.45, 7) is 19.0. The van der Waals surface area contributed by atoms with Crippen LogP contribution in [0.15, 0.2) is 0 Å². The van der Waals surface area contributed by atoms with Gasteiger partial charge in [0.15, 0.2) is 0 Å². The van der Waals surface area contributed by atoms with Crippen LogP contribution < -0.4 is 0 Å². The predicted molar refractivity (Wildman–Crippen MR) is 85.3 cm³/mol. The molecular formula is C13H32O5P2. The maximum absolute atomic E-state index is 9.44. The van der Waals surface area contributed by atoms with Crippen molar-refractivity contribution in [3.8, 4) is 0 Å². The van der Waals surface area contributed by atoms with E-state index >= 15 is 0 Å². The van der Waals surface area contributed by atoms with Crippen LogP contribution >= 0.6 is 16.5 Å². The zero-order valence-corrected chi connectivity index (χ0v) is 15.9. The Morgan fingerprint density at radius 3 is 0.900 bits per heavy atom. The van der Waals surface area contributed by atoms with Crippen molar-refractivity contribution in [1.82, 2.24) is 0 Å². The monoisotopic (exact) mass is 330 g/mol. The SMILES string of the molecule is CC(C)C(C(C)C)(C(C)C)C(C)C.O=[PH](O)O[PH](=O)O. The highest BCUT2D eigenvalue weighted by molar-refractivity contribution is 7.46. The molecule has 20 heavy (non-hydrogen) atoms. The maximum atomic E-state index is 9.44. The highest BCUT2D eigenvalue weighted by Gasteiger charge is 2.42. The molecule has 0 aliphatic heterocycles. The lowest BCUT2D eigenvalue weighted by atomic mass is 9.56. The molecule has 0 aliphatic carbocycles. The minimum absolute atomic E-state index is 0.500. The van der Waals surface area contributed by atoms with Crippen molar-refractivity contribution in [3.05, 3.63) is 0 Å². The number of hydrogen-bond acceptors (Lipinski definition) is 3. The van der Waals surface area contributed by atoms with Crippen LogP contribution in [0.4, 0.5) is 0 Å². The lowest BCUT2D eigenvalue weighted by Crippen LogP contribution is -2.42. The second-order valence-corrected chi connectivity index (χ2v) is 8.13. The molecule has 0 aromatic heterocycles. The first-order valence-corrected chi connectivity index (χ1v) is 9.56. The summed E-state index contributed by atoms with van der Waals surface area (Å²) in [6, 6.07) is 0. The molecule has 0 saturated heterocycles. The fraction of sp³-hybridized carbons (Fsp3) is 1.00. The Hall–Kier alpha value is 0.340. The van der Waals surface area contributed by atoms with Gasteiger partial charge in [0.25, 0.3) is 0 Å². The van der Waals surface area contributed by atoms with E-state index in [0.717, 1.165) is 23.7 Å². The van der Waals surface area contributed by atoms with Crippen molar-refractivity contribution in [1.29, 1.82) is 0 Å². The van der Waals surface area contributed by atoms with Gasteiger partial charge in [-0.15, -0.1) is 0 Å². The normalized spacial score (nSPS) is 15.5. The van der Waals surface area contributed by atoms with Crippen LogP contribution in [0.3, 0.4) is 0 Å². The van der Waals surface area contributed by atoms with Crippen molar-refractivity contribution in [2.45, 2.75) is 55.4 Å². The summed E-state index contributed by atoms with van der Waals surface area (Å²) in [4.78, 5) is 15.4. The highest BCUT2D eigenvalue weighted by atomic mass is 31.2. The van der Waals surface area contributed by atoms with Gasteiger partial charge < -0.3 is 9.79 Å². The average Bonchev–Trinajstić information content (AvgIpc) is 2.12. The van der Waals surface area contributed by atoms with Crippen LogP contribution in [-0.2, 0) is 13.4 Å². The summed E-state index contributed by atoms with van der Waals surface area (Å²) >= 11 is 0. The van der Waals surface area contributed by atoms with Gasteiger partial charge in [0.1, 0.15) is 0 Å². The van der Waals surface area contributed by atoms with Gasteiger partial charge in [-0.25, -0.2) is 4.31 Å². The molecule has 0 saturated carbocycles. The van der Waals surface area contributed by atoms with Gasteiger partial charge in [-0.2, -0.15) is 0 Å². The third kappa shape index (κ3) is 6.87. The van der Waals surface area contributed by atoms with Crippen LogP contribution in [0.25, 0.3) is 0 Å². The molecule has 2 N–H and O–H groups in total. The molecule has 0 radical (unpaired) electrons. The molecule has 7 heteroatoms. The van der Waals surface area contributed by atoms with Crippen molar-refractivity contribution < 1.29 is 23.2 Å². The van der Waals surface area contributed by atoms with E-state index in [2.05, 4.69) is 59.7 Å². The van der Waals surface area contributed by atoms with Crippen molar-refractivity contribution in [3.63, 3.8) is 0 Å². The Morgan fingerprint density at radius 1 is 0.700 bits per heavy atom. The molecule has 0 rings (SSSR count). The second kappa shape index (κ2) is 10.1. The summed E-state index contributed by atoms with van der Waals surface area (Å²) < 4.78 is 22.3. The Morgan fingerprint density at radius 2 is 0.900 bits per heavy atom. The number of rotatable bonds is 6. The van der Waals surface area contributed by atoms with E-state index in [1.54, 1.807) is 0 Å². The molecule has 0 fully saturated rings. The van der Waals surface area contributed by atoms with E-state index in [4.69, 9.17) is 9.79 Å². The van der Waals surface area contributed by atoms with Crippen LogP contribution in [0.1, 0.15) is 55.4 Å². The Bertz CT molecular complexity index is 264. The lowest BCUT2D eigenvalue weighted by molar-refractivity contribution is -0.00353. The minimum Gasteiger partial charge on any atom is -0.326 e. The first-order chi connectivity index (χ1) is 8.90. The smallest absolute Gasteiger partial charge is 0.323 e. The number of hydrogen-bond donors (Lipinski definition) is 2. The summed E-state index contributed by atoms with van der Waals surface area (Å²) in [5.41, 5.74) is 0.500. The first kappa shape index (κ1) is 22.6. The Balaban J connectivity index is 0. The molecule has 0 aliphatic rings. The van der Waals surface area contributed by atoms with E-state index in [1.165, 1.54) is 0 Å². The van der Waals surface area contributed by atoms with Crippen LogP contribution in [-0.4, -0.2) is 9.79 Å². The quantitative estimate of drug-likeness (QED) is 0.707. The third-order valence-electron chi connectivity index (χ3n) is 4.17.